The van der Waals surface area contributed by atoms with Gasteiger partial charge in [-0.25, -0.2) is 0 Å². The molecule has 104 valence electrons. The van der Waals surface area contributed by atoms with Crippen molar-refractivity contribution in [1.82, 2.24) is 10.3 Å². The summed E-state index contributed by atoms with van der Waals surface area (Å²) >= 11 is 0. The molecule has 0 bridgehead atoms. The summed E-state index contributed by atoms with van der Waals surface area (Å²) in [6.45, 7) is 1.95. The number of carbonyl (C=O) groups is 1. The Morgan fingerprint density at radius 1 is 1.35 bits per heavy atom. The maximum atomic E-state index is 11.9. The number of nitrogens with zero attached hydrogens (tertiary/aromatic N) is 1. The van der Waals surface area contributed by atoms with Crippen LogP contribution < -0.4 is 11.1 Å². The van der Waals surface area contributed by atoms with Gasteiger partial charge in [0, 0.05) is 24.5 Å². The first-order valence-corrected chi connectivity index (χ1v) is 6.69. The summed E-state index contributed by atoms with van der Waals surface area (Å²) in [4.78, 5) is 16.0. The number of pyridine rings is 1. The maximum absolute atomic E-state index is 11.9. The Balaban J connectivity index is 1.84. The van der Waals surface area contributed by atoms with Gasteiger partial charge in [0.2, 0.25) is 5.91 Å². The van der Waals surface area contributed by atoms with Crippen molar-refractivity contribution < 1.29 is 4.79 Å². The van der Waals surface area contributed by atoms with E-state index in [0.29, 0.717) is 12.8 Å². The van der Waals surface area contributed by atoms with Gasteiger partial charge >= 0.3 is 0 Å². The molecule has 2 aromatic rings. The molecular weight excluding hydrogens is 250 g/mol. The molecule has 0 aliphatic carbocycles. The van der Waals surface area contributed by atoms with Crippen molar-refractivity contribution in [2.75, 3.05) is 5.73 Å². The predicted molar refractivity (Wildman–Crippen MR) is 80.0 cm³/mol. The number of aryl methyl sites for hydroxylation is 1. The third kappa shape index (κ3) is 4.09. The molecule has 1 amide bonds. The third-order valence-corrected chi connectivity index (χ3v) is 3.15. The molecule has 0 aliphatic rings. The monoisotopic (exact) mass is 269 g/mol. The zero-order chi connectivity index (χ0) is 14.4. The van der Waals surface area contributed by atoms with Crippen LogP contribution in [0.15, 0.2) is 48.8 Å². The first-order chi connectivity index (χ1) is 9.65. The summed E-state index contributed by atoms with van der Waals surface area (Å²) in [6, 6.07) is 11.4. The Labute approximate surface area is 119 Å². The fraction of sp³-hybridized carbons (Fsp3) is 0.250. The zero-order valence-corrected chi connectivity index (χ0v) is 11.5. The van der Waals surface area contributed by atoms with Gasteiger partial charge in [0.15, 0.2) is 0 Å². The number of hydrogen-bond acceptors (Lipinski definition) is 3. The quantitative estimate of drug-likeness (QED) is 0.819. The Morgan fingerprint density at radius 2 is 2.20 bits per heavy atom. The average Bonchev–Trinajstić information content (AvgIpc) is 2.46. The lowest BCUT2D eigenvalue weighted by Crippen LogP contribution is -2.26. The summed E-state index contributed by atoms with van der Waals surface area (Å²) in [7, 11) is 0. The average molecular weight is 269 g/mol. The van der Waals surface area contributed by atoms with Gasteiger partial charge in [-0.2, -0.15) is 0 Å². The second kappa shape index (κ2) is 6.70. The van der Waals surface area contributed by atoms with Gasteiger partial charge in [-0.1, -0.05) is 18.2 Å². The summed E-state index contributed by atoms with van der Waals surface area (Å²) in [5.74, 6) is 0.0313. The number of hydrogen-bond donors (Lipinski definition) is 2. The fourth-order valence-corrected chi connectivity index (χ4v) is 2.04. The van der Waals surface area contributed by atoms with Crippen molar-refractivity contribution in [3.05, 3.63) is 59.9 Å². The first-order valence-electron chi connectivity index (χ1n) is 6.69. The van der Waals surface area contributed by atoms with Crippen LogP contribution in [0.1, 0.15) is 30.5 Å². The van der Waals surface area contributed by atoms with E-state index >= 15 is 0 Å². The van der Waals surface area contributed by atoms with Crippen LogP contribution in [0, 0.1) is 0 Å². The van der Waals surface area contributed by atoms with Crippen molar-refractivity contribution in [2.24, 2.45) is 0 Å². The molecule has 0 saturated heterocycles. The third-order valence-electron chi connectivity index (χ3n) is 3.15. The van der Waals surface area contributed by atoms with Gasteiger partial charge < -0.3 is 11.1 Å². The molecule has 1 heterocycles. The van der Waals surface area contributed by atoms with E-state index < -0.39 is 0 Å². The molecule has 4 heteroatoms. The van der Waals surface area contributed by atoms with E-state index in [2.05, 4.69) is 10.3 Å². The minimum Gasteiger partial charge on any atom is -0.399 e. The zero-order valence-electron chi connectivity index (χ0n) is 11.5. The van der Waals surface area contributed by atoms with Crippen molar-refractivity contribution in [3.63, 3.8) is 0 Å². The SMILES string of the molecule is CC(NC(=O)CCc1cccc(N)c1)c1cccnc1. The van der Waals surface area contributed by atoms with E-state index in [0.717, 1.165) is 16.8 Å². The predicted octanol–water partition coefficient (Wildman–Crippen LogP) is 2.47. The Kier molecular flexibility index (Phi) is 4.71. The second-order valence-corrected chi connectivity index (χ2v) is 4.82. The molecule has 0 spiro atoms. The van der Waals surface area contributed by atoms with Gasteiger partial charge in [-0.3, -0.25) is 9.78 Å². The van der Waals surface area contributed by atoms with Crippen molar-refractivity contribution in [3.8, 4) is 0 Å². The molecule has 20 heavy (non-hydrogen) atoms. The largest absolute Gasteiger partial charge is 0.399 e. The Bertz CT molecular complexity index is 569. The molecule has 1 aromatic carbocycles. The molecule has 3 N–H and O–H groups in total. The van der Waals surface area contributed by atoms with Crippen LogP contribution in [-0.2, 0) is 11.2 Å². The van der Waals surface area contributed by atoms with Crippen LogP contribution in [-0.4, -0.2) is 10.9 Å². The Hall–Kier alpha value is -2.36. The van der Waals surface area contributed by atoms with Crippen molar-refractivity contribution >= 4 is 11.6 Å². The van der Waals surface area contributed by atoms with Crippen LogP contribution in [0.25, 0.3) is 0 Å². The summed E-state index contributed by atoms with van der Waals surface area (Å²) in [6.07, 6.45) is 4.63. The number of benzene rings is 1. The lowest BCUT2D eigenvalue weighted by atomic mass is 10.1. The van der Waals surface area contributed by atoms with E-state index in [1.54, 1.807) is 12.4 Å². The molecule has 0 radical (unpaired) electrons. The lowest BCUT2D eigenvalue weighted by Gasteiger charge is -2.13. The number of rotatable bonds is 5. The van der Waals surface area contributed by atoms with Crippen molar-refractivity contribution in [2.45, 2.75) is 25.8 Å². The molecule has 1 atom stereocenters. The summed E-state index contributed by atoms with van der Waals surface area (Å²) in [5.41, 5.74) is 8.52. The fourth-order valence-electron chi connectivity index (χ4n) is 2.04. The molecule has 0 fully saturated rings. The van der Waals surface area contributed by atoms with Gasteiger partial charge in [0.05, 0.1) is 6.04 Å². The van der Waals surface area contributed by atoms with Gasteiger partial charge in [-0.15, -0.1) is 0 Å². The summed E-state index contributed by atoms with van der Waals surface area (Å²) in [5, 5.41) is 2.97. The molecule has 1 unspecified atom stereocenters. The standard InChI is InChI=1S/C16H19N3O/c1-12(14-5-3-9-18-11-14)19-16(20)8-7-13-4-2-6-15(17)10-13/h2-6,9-12H,7-8,17H2,1H3,(H,19,20). The van der Waals surface area contributed by atoms with Gasteiger partial charge in [0.25, 0.3) is 0 Å². The van der Waals surface area contributed by atoms with E-state index in [9.17, 15) is 4.79 Å². The van der Waals surface area contributed by atoms with Gasteiger partial charge in [0.1, 0.15) is 0 Å². The van der Waals surface area contributed by atoms with Crippen LogP contribution in [0.5, 0.6) is 0 Å². The second-order valence-electron chi connectivity index (χ2n) is 4.82. The number of amides is 1. The highest BCUT2D eigenvalue weighted by Gasteiger charge is 2.09. The number of nitrogen functional groups attached to an aromatic ring is 1. The van der Waals surface area contributed by atoms with Crippen LogP contribution in [0.3, 0.4) is 0 Å². The smallest absolute Gasteiger partial charge is 0.220 e. The topological polar surface area (TPSA) is 68.0 Å². The number of nitrogens with one attached hydrogen (secondary N) is 1. The molecule has 0 aliphatic heterocycles. The highest BCUT2D eigenvalue weighted by atomic mass is 16.1. The summed E-state index contributed by atoms with van der Waals surface area (Å²) < 4.78 is 0. The minimum atomic E-state index is -0.0305. The number of nitrogens with two attached hydrogens (primary N) is 1. The molecular formula is C16H19N3O. The molecule has 4 nitrogen and oxygen atoms in total. The molecule has 1 aromatic heterocycles. The van der Waals surface area contributed by atoms with E-state index in [1.807, 2.05) is 43.3 Å². The highest BCUT2D eigenvalue weighted by molar-refractivity contribution is 5.76. The van der Waals surface area contributed by atoms with Crippen LogP contribution in [0.2, 0.25) is 0 Å². The van der Waals surface area contributed by atoms with Crippen LogP contribution in [0.4, 0.5) is 5.69 Å². The highest BCUT2D eigenvalue weighted by Crippen LogP contribution is 2.12. The van der Waals surface area contributed by atoms with Crippen molar-refractivity contribution in [1.29, 1.82) is 0 Å². The number of aromatic nitrogens is 1. The van der Waals surface area contributed by atoms with Gasteiger partial charge in [-0.05, 0) is 42.7 Å². The minimum absolute atomic E-state index is 0.0305. The number of anilines is 1. The van der Waals surface area contributed by atoms with E-state index in [-0.39, 0.29) is 11.9 Å². The molecule has 2 rings (SSSR count). The normalized spacial score (nSPS) is 11.8. The van der Waals surface area contributed by atoms with Crippen LogP contribution >= 0.6 is 0 Å². The van der Waals surface area contributed by atoms with E-state index in [1.165, 1.54) is 0 Å². The molecule has 0 saturated carbocycles. The lowest BCUT2D eigenvalue weighted by molar-refractivity contribution is -0.121. The number of carbonyl (C=O) groups excluding carboxylic acids is 1. The van der Waals surface area contributed by atoms with E-state index in [4.69, 9.17) is 5.73 Å². The first kappa shape index (κ1) is 14.1. The maximum Gasteiger partial charge on any atom is 0.220 e. The Morgan fingerprint density at radius 3 is 2.90 bits per heavy atom.